The number of nitrogens with zero attached hydrogens (tertiary/aromatic N) is 5. The van der Waals surface area contributed by atoms with Crippen LogP contribution >= 0.6 is 0 Å². The molecule has 0 aromatic carbocycles. The highest BCUT2D eigenvalue weighted by Gasteiger charge is 2.29. The molecule has 6 heteroatoms. The lowest BCUT2D eigenvalue weighted by Gasteiger charge is -2.36. The van der Waals surface area contributed by atoms with Crippen LogP contribution in [0.25, 0.3) is 0 Å². The molecule has 1 aromatic heterocycles. The average Bonchev–Trinajstić information content (AvgIpc) is 2.68. The summed E-state index contributed by atoms with van der Waals surface area (Å²) in [5, 5.41) is 9.90. The molecule has 0 atom stereocenters. The predicted octanol–water partition coefficient (Wildman–Crippen LogP) is 1.77. The number of rotatable bonds is 2. The van der Waals surface area contributed by atoms with Gasteiger partial charge in [-0.15, -0.1) is 0 Å². The molecule has 0 bridgehead atoms. The van der Waals surface area contributed by atoms with Crippen molar-refractivity contribution < 1.29 is 4.74 Å². The molecule has 0 saturated carbocycles. The maximum Gasteiger partial charge on any atom is 0.149 e. The van der Waals surface area contributed by atoms with E-state index in [0.717, 1.165) is 62.9 Å². The molecule has 0 radical (unpaired) electrons. The van der Waals surface area contributed by atoms with Gasteiger partial charge in [-0.3, -0.25) is 0 Å². The van der Waals surface area contributed by atoms with E-state index in [9.17, 15) is 5.26 Å². The Morgan fingerprint density at radius 3 is 2.36 bits per heavy atom. The van der Waals surface area contributed by atoms with Gasteiger partial charge in [0.1, 0.15) is 17.7 Å². The zero-order chi connectivity index (χ0) is 17.2. The van der Waals surface area contributed by atoms with Crippen LogP contribution in [0.5, 0.6) is 0 Å². The SMILES string of the molecule is CN1CCc2c(C#N)c(N3CCOCC3)nc(N3CCCCC3)c2C1. The fourth-order valence-corrected chi connectivity index (χ4v) is 4.23. The number of aromatic nitrogens is 1. The molecule has 1 aromatic rings. The van der Waals surface area contributed by atoms with Crippen LogP contribution in [-0.4, -0.2) is 62.9 Å². The van der Waals surface area contributed by atoms with E-state index in [2.05, 4.69) is 27.8 Å². The van der Waals surface area contributed by atoms with Crippen LogP contribution < -0.4 is 9.80 Å². The number of anilines is 2. The Bertz CT molecular complexity index is 671. The van der Waals surface area contributed by atoms with Crippen molar-refractivity contribution in [1.29, 1.82) is 5.26 Å². The van der Waals surface area contributed by atoms with Gasteiger partial charge in [0, 0.05) is 44.8 Å². The number of ether oxygens (including phenoxy) is 1. The Kier molecular flexibility index (Phi) is 4.78. The van der Waals surface area contributed by atoms with Gasteiger partial charge in [-0.2, -0.15) is 5.26 Å². The van der Waals surface area contributed by atoms with Gasteiger partial charge in [0.05, 0.1) is 18.8 Å². The maximum atomic E-state index is 9.90. The number of pyridine rings is 1. The molecule has 3 aliphatic rings. The number of piperidine rings is 1. The smallest absolute Gasteiger partial charge is 0.149 e. The van der Waals surface area contributed by atoms with Crippen molar-refractivity contribution in [2.45, 2.75) is 32.2 Å². The second kappa shape index (κ2) is 7.19. The standard InChI is InChI=1S/C19H27N5O/c1-22-8-5-15-16(13-20)18(24-9-11-25-12-10-24)21-19(17(15)14-22)23-6-3-2-4-7-23/h2-12,14H2,1H3. The molecule has 25 heavy (non-hydrogen) atoms. The summed E-state index contributed by atoms with van der Waals surface area (Å²) in [6, 6.07) is 2.48. The van der Waals surface area contributed by atoms with Gasteiger partial charge in [0.15, 0.2) is 0 Å². The maximum absolute atomic E-state index is 9.90. The number of hydrogen-bond donors (Lipinski definition) is 0. The molecule has 0 amide bonds. The second-order valence-electron chi connectivity index (χ2n) is 7.34. The summed E-state index contributed by atoms with van der Waals surface area (Å²) in [5.41, 5.74) is 3.31. The summed E-state index contributed by atoms with van der Waals surface area (Å²) >= 11 is 0. The molecular weight excluding hydrogens is 314 g/mol. The molecule has 6 nitrogen and oxygen atoms in total. The van der Waals surface area contributed by atoms with Crippen molar-refractivity contribution in [3.05, 3.63) is 16.7 Å². The molecule has 2 saturated heterocycles. The Hall–Kier alpha value is -1.84. The van der Waals surface area contributed by atoms with Gasteiger partial charge in [0.25, 0.3) is 0 Å². The lowest BCUT2D eigenvalue weighted by atomic mass is 9.94. The van der Waals surface area contributed by atoms with Gasteiger partial charge in [-0.25, -0.2) is 4.98 Å². The van der Waals surface area contributed by atoms with Crippen LogP contribution in [0.3, 0.4) is 0 Å². The molecule has 0 aliphatic carbocycles. The van der Waals surface area contributed by atoms with Crippen LogP contribution in [-0.2, 0) is 17.7 Å². The third-order valence-electron chi connectivity index (χ3n) is 5.62. The van der Waals surface area contributed by atoms with E-state index in [1.165, 1.54) is 30.4 Å². The summed E-state index contributed by atoms with van der Waals surface area (Å²) in [6.07, 6.45) is 4.72. The topological polar surface area (TPSA) is 55.6 Å². The average molecular weight is 341 g/mol. The summed E-state index contributed by atoms with van der Waals surface area (Å²) in [4.78, 5) is 12.1. The first-order valence-electron chi connectivity index (χ1n) is 9.50. The predicted molar refractivity (Wildman–Crippen MR) is 98.1 cm³/mol. The minimum absolute atomic E-state index is 0.714. The highest BCUT2D eigenvalue weighted by Crippen LogP contribution is 2.35. The summed E-state index contributed by atoms with van der Waals surface area (Å²) in [6.45, 7) is 7.13. The monoisotopic (exact) mass is 341 g/mol. The Morgan fingerprint density at radius 2 is 1.64 bits per heavy atom. The summed E-state index contributed by atoms with van der Waals surface area (Å²) in [5.74, 6) is 2.01. The molecule has 0 unspecified atom stereocenters. The molecular formula is C19H27N5O. The Labute approximate surface area is 150 Å². The van der Waals surface area contributed by atoms with Gasteiger partial charge < -0.3 is 19.4 Å². The van der Waals surface area contributed by atoms with Gasteiger partial charge in [-0.1, -0.05) is 0 Å². The highest BCUT2D eigenvalue weighted by molar-refractivity contribution is 5.68. The largest absolute Gasteiger partial charge is 0.378 e. The molecule has 3 aliphatic heterocycles. The zero-order valence-corrected chi connectivity index (χ0v) is 15.1. The van der Waals surface area contributed by atoms with E-state index >= 15 is 0 Å². The van der Waals surface area contributed by atoms with E-state index < -0.39 is 0 Å². The number of fused-ring (bicyclic) bond motifs is 1. The number of hydrogen-bond acceptors (Lipinski definition) is 6. The van der Waals surface area contributed by atoms with Crippen molar-refractivity contribution in [3.8, 4) is 6.07 Å². The lowest BCUT2D eigenvalue weighted by molar-refractivity contribution is 0.122. The quantitative estimate of drug-likeness (QED) is 0.817. The third kappa shape index (κ3) is 3.19. The van der Waals surface area contributed by atoms with Crippen LogP contribution in [0.4, 0.5) is 11.6 Å². The van der Waals surface area contributed by atoms with Crippen molar-refractivity contribution >= 4 is 11.6 Å². The van der Waals surface area contributed by atoms with Crippen molar-refractivity contribution in [2.75, 3.05) is 62.8 Å². The molecule has 4 rings (SSSR count). The molecule has 0 N–H and O–H groups in total. The summed E-state index contributed by atoms with van der Waals surface area (Å²) in [7, 11) is 2.16. The van der Waals surface area contributed by atoms with Crippen LogP contribution in [0.1, 0.15) is 36.0 Å². The van der Waals surface area contributed by atoms with Crippen LogP contribution in [0.15, 0.2) is 0 Å². The minimum atomic E-state index is 0.714. The fraction of sp³-hybridized carbons (Fsp3) is 0.684. The van der Waals surface area contributed by atoms with E-state index in [0.29, 0.717) is 13.2 Å². The highest BCUT2D eigenvalue weighted by atomic mass is 16.5. The number of nitriles is 1. The number of likely N-dealkylation sites (N-methyl/N-ethyl adjacent to an activating group) is 1. The van der Waals surface area contributed by atoms with Gasteiger partial charge in [0.2, 0.25) is 0 Å². The summed E-state index contributed by atoms with van der Waals surface area (Å²) < 4.78 is 5.50. The van der Waals surface area contributed by atoms with Gasteiger partial charge in [-0.05, 0) is 38.3 Å². The molecule has 2 fully saturated rings. The Balaban J connectivity index is 1.82. The zero-order valence-electron chi connectivity index (χ0n) is 15.1. The molecule has 4 heterocycles. The van der Waals surface area contributed by atoms with Crippen LogP contribution in [0.2, 0.25) is 0 Å². The van der Waals surface area contributed by atoms with E-state index in [-0.39, 0.29) is 0 Å². The van der Waals surface area contributed by atoms with Crippen molar-refractivity contribution in [1.82, 2.24) is 9.88 Å². The Morgan fingerprint density at radius 1 is 0.920 bits per heavy atom. The van der Waals surface area contributed by atoms with Crippen molar-refractivity contribution in [2.24, 2.45) is 0 Å². The normalized spacial score (nSPS) is 21.8. The first-order chi connectivity index (χ1) is 12.3. The molecule has 0 spiro atoms. The lowest BCUT2D eigenvalue weighted by Crippen LogP contribution is -2.39. The van der Waals surface area contributed by atoms with E-state index in [1.54, 1.807) is 0 Å². The van der Waals surface area contributed by atoms with Crippen LogP contribution in [0, 0.1) is 11.3 Å². The first-order valence-corrected chi connectivity index (χ1v) is 9.50. The molecule has 134 valence electrons. The third-order valence-corrected chi connectivity index (χ3v) is 5.62. The fourth-order valence-electron chi connectivity index (χ4n) is 4.23. The second-order valence-corrected chi connectivity index (χ2v) is 7.34. The van der Waals surface area contributed by atoms with E-state index in [1.807, 2.05) is 0 Å². The first kappa shape index (κ1) is 16.6. The number of morpholine rings is 1. The van der Waals surface area contributed by atoms with Crippen molar-refractivity contribution in [3.63, 3.8) is 0 Å². The van der Waals surface area contributed by atoms with E-state index in [4.69, 9.17) is 9.72 Å². The minimum Gasteiger partial charge on any atom is -0.378 e. The van der Waals surface area contributed by atoms with Gasteiger partial charge >= 0.3 is 0 Å².